The number of methoxy groups -OCH3 is 1. The Hall–Kier alpha value is -1.66. The first-order chi connectivity index (χ1) is 10.1. The Balaban J connectivity index is 2.56. The number of nitrogens with one attached hydrogen (secondary N) is 1. The fraction of sp³-hybridized carbons (Fsp3) is 0.533. The van der Waals surface area contributed by atoms with Crippen molar-refractivity contribution in [2.24, 2.45) is 0 Å². The second-order valence-corrected chi connectivity index (χ2v) is 4.78. The molecule has 118 valence electrons. The molecule has 0 heterocycles. The molecule has 21 heavy (non-hydrogen) atoms. The van der Waals surface area contributed by atoms with E-state index in [2.05, 4.69) is 5.32 Å². The zero-order valence-electron chi connectivity index (χ0n) is 12.8. The normalized spacial score (nSPS) is 10.5. The molecule has 5 nitrogen and oxygen atoms in total. The van der Waals surface area contributed by atoms with Gasteiger partial charge in [0.25, 0.3) is 0 Å². The van der Waals surface area contributed by atoms with E-state index in [4.69, 9.17) is 9.47 Å². The molecule has 1 rings (SSSR count). The number of halogens is 1. The van der Waals surface area contributed by atoms with Crippen molar-refractivity contribution >= 4 is 5.91 Å². The van der Waals surface area contributed by atoms with Gasteiger partial charge in [-0.1, -0.05) is 12.1 Å². The molecule has 0 aliphatic rings. The molecule has 1 amide bonds. The number of carbonyl (C=O) groups excluding carboxylic acids is 1. The van der Waals surface area contributed by atoms with Crippen LogP contribution in [0.2, 0.25) is 0 Å². The van der Waals surface area contributed by atoms with Crippen molar-refractivity contribution in [3.8, 4) is 5.75 Å². The minimum Gasteiger partial charge on any atom is -0.490 e. The molecule has 0 unspecified atom stereocenters. The van der Waals surface area contributed by atoms with Crippen LogP contribution in [0, 0.1) is 5.82 Å². The van der Waals surface area contributed by atoms with Gasteiger partial charge in [0.15, 0.2) is 11.6 Å². The Kier molecular flexibility index (Phi) is 7.71. The van der Waals surface area contributed by atoms with Crippen molar-refractivity contribution in [1.29, 1.82) is 0 Å². The van der Waals surface area contributed by atoms with Crippen molar-refractivity contribution < 1.29 is 18.7 Å². The van der Waals surface area contributed by atoms with E-state index in [0.29, 0.717) is 19.7 Å². The summed E-state index contributed by atoms with van der Waals surface area (Å²) in [5, 5.41) is 3.14. The lowest BCUT2D eigenvalue weighted by atomic mass is 10.2. The Morgan fingerprint density at radius 2 is 2.10 bits per heavy atom. The number of para-hydroxylation sites is 1. The summed E-state index contributed by atoms with van der Waals surface area (Å²) in [5.74, 6) is -0.265. The van der Waals surface area contributed by atoms with E-state index < -0.39 is 5.82 Å². The number of amides is 1. The number of nitrogens with zero attached hydrogens (tertiary/aromatic N) is 1. The zero-order valence-corrected chi connectivity index (χ0v) is 12.8. The summed E-state index contributed by atoms with van der Waals surface area (Å²) in [5.41, 5.74) is 0.725. The Morgan fingerprint density at radius 1 is 1.33 bits per heavy atom. The fourth-order valence-corrected chi connectivity index (χ4v) is 1.72. The van der Waals surface area contributed by atoms with Crippen LogP contribution in [0.15, 0.2) is 18.2 Å². The number of rotatable bonds is 9. The lowest BCUT2D eigenvalue weighted by Crippen LogP contribution is -2.24. The van der Waals surface area contributed by atoms with Crippen LogP contribution in [0.25, 0.3) is 0 Å². The SMILES string of the molecule is COCCNCc1cccc(F)c1OCCC(=O)N(C)C. The third-order valence-corrected chi connectivity index (χ3v) is 2.91. The zero-order chi connectivity index (χ0) is 15.7. The monoisotopic (exact) mass is 298 g/mol. The van der Waals surface area contributed by atoms with Crippen molar-refractivity contribution in [3.05, 3.63) is 29.6 Å². The third-order valence-electron chi connectivity index (χ3n) is 2.91. The Labute approximate surface area is 125 Å². The molecular weight excluding hydrogens is 275 g/mol. The molecule has 0 bridgehead atoms. The van der Waals surface area contributed by atoms with Gasteiger partial charge >= 0.3 is 0 Å². The van der Waals surface area contributed by atoms with E-state index in [1.165, 1.54) is 11.0 Å². The van der Waals surface area contributed by atoms with Crippen LogP contribution in [0.1, 0.15) is 12.0 Å². The van der Waals surface area contributed by atoms with E-state index in [1.54, 1.807) is 33.3 Å². The predicted octanol–water partition coefficient (Wildman–Crippen LogP) is 1.42. The summed E-state index contributed by atoms with van der Waals surface area (Å²) in [4.78, 5) is 13.0. The number of benzene rings is 1. The smallest absolute Gasteiger partial charge is 0.225 e. The Morgan fingerprint density at radius 3 is 2.76 bits per heavy atom. The first-order valence-corrected chi connectivity index (χ1v) is 6.86. The van der Waals surface area contributed by atoms with Crippen LogP contribution in [0.5, 0.6) is 5.75 Å². The molecule has 0 saturated carbocycles. The summed E-state index contributed by atoms with van der Waals surface area (Å²) in [6, 6.07) is 4.79. The van der Waals surface area contributed by atoms with Gasteiger partial charge < -0.3 is 19.7 Å². The van der Waals surface area contributed by atoms with Gasteiger partial charge in [-0.05, 0) is 6.07 Å². The predicted molar refractivity (Wildman–Crippen MR) is 78.8 cm³/mol. The lowest BCUT2D eigenvalue weighted by Gasteiger charge is -2.14. The molecule has 6 heteroatoms. The van der Waals surface area contributed by atoms with Gasteiger partial charge in [-0.25, -0.2) is 4.39 Å². The molecule has 0 aliphatic heterocycles. The highest BCUT2D eigenvalue weighted by atomic mass is 19.1. The maximum atomic E-state index is 13.8. The largest absolute Gasteiger partial charge is 0.490 e. The van der Waals surface area contributed by atoms with Gasteiger partial charge in [0, 0.05) is 39.9 Å². The fourth-order valence-electron chi connectivity index (χ4n) is 1.72. The molecule has 0 spiro atoms. The quantitative estimate of drug-likeness (QED) is 0.701. The summed E-state index contributed by atoms with van der Waals surface area (Å²) in [6.07, 6.45) is 0.220. The standard InChI is InChI=1S/C15H23FN2O3/c1-18(2)14(19)7-9-21-15-12(5-4-6-13(15)16)11-17-8-10-20-3/h4-6,17H,7-11H2,1-3H3. The van der Waals surface area contributed by atoms with Crippen LogP contribution in [-0.4, -0.2) is 51.8 Å². The van der Waals surface area contributed by atoms with Crippen molar-refractivity contribution in [2.75, 3.05) is 41.0 Å². The van der Waals surface area contributed by atoms with Crippen molar-refractivity contribution in [2.45, 2.75) is 13.0 Å². The molecule has 0 fully saturated rings. The highest BCUT2D eigenvalue weighted by Gasteiger charge is 2.11. The molecule has 1 aromatic rings. The molecular formula is C15H23FN2O3. The first kappa shape index (κ1) is 17.4. The van der Waals surface area contributed by atoms with E-state index in [9.17, 15) is 9.18 Å². The molecule has 0 atom stereocenters. The number of hydrogen-bond acceptors (Lipinski definition) is 4. The van der Waals surface area contributed by atoms with Crippen molar-refractivity contribution in [3.63, 3.8) is 0 Å². The van der Waals surface area contributed by atoms with Crippen molar-refractivity contribution in [1.82, 2.24) is 10.2 Å². The molecule has 0 aliphatic carbocycles. The average Bonchev–Trinajstić information content (AvgIpc) is 2.45. The summed E-state index contributed by atoms with van der Waals surface area (Å²) in [6.45, 7) is 1.90. The minimum absolute atomic E-state index is 0.0499. The van der Waals surface area contributed by atoms with E-state index in [0.717, 1.165) is 5.56 Å². The lowest BCUT2D eigenvalue weighted by molar-refractivity contribution is -0.129. The second kappa shape index (κ2) is 9.31. The summed E-state index contributed by atoms with van der Waals surface area (Å²) >= 11 is 0. The van der Waals surface area contributed by atoms with Crippen LogP contribution < -0.4 is 10.1 Å². The second-order valence-electron chi connectivity index (χ2n) is 4.78. The Bertz CT molecular complexity index is 453. The summed E-state index contributed by atoms with van der Waals surface area (Å²) in [7, 11) is 4.98. The van der Waals surface area contributed by atoms with Gasteiger partial charge in [-0.3, -0.25) is 4.79 Å². The number of carbonyl (C=O) groups is 1. The van der Waals surface area contributed by atoms with E-state index in [-0.39, 0.29) is 24.7 Å². The summed E-state index contributed by atoms with van der Waals surface area (Å²) < 4.78 is 24.2. The van der Waals surface area contributed by atoms with E-state index in [1.807, 2.05) is 0 Å². The van der Waals surface area contributed by atoms with Gasteiger partial charge in [0.2, 0.25) is 5.91 Å². The first-order valence-electron chi connectivity index (χ1n) is 6.86. The highest BCUT2D eigenvalue weighted by molar-refractivity contribution is 5.75. The van der Waals surface area contributed by atoms with Gasteiger partial charge in [-0.2, -0.15) is 0 Å². The number of ether oxygens (including phenoxy) is 2. The van der Waals surface area contributed by atoms with Crippen LogP contribution in [0.4, 0.5) is 4.39 Å². The van der Waals surface area contributed by atoms with Crippen LogP contribution >= 0.6 is 0 Å². The van der Waals surface area contributed by atoms with Crippen LogP contribution in [-0.2, 0) is 16.1 Å². The molecule has 0 aromatic heterocycles. The highest BCUT2D eigenvalue weighted by Crippen LogP contribution is 2.22. The third kappa shape index (κ3) is 6.10. The van der Waals surface area contributed by atoms with Gasteiger partial charge in [0.1, 0.15) is 0 Å². The average molecular weight is 298 g/mol. The topological polar surface area (TPSA) is 50.8 Å². The molecule has 0 radical (unpaired) electrons. The minimum atomic E-state index is -0.418. The molecule has 0 saturated heterocycles. The van der Waals surface area contributed by atoms with Crippen LogP contribution in [0.3, 0.4) is 0 Å². The molecule has 1 N–H and O–H groups in total. The van der Waals surface area contributed by atoms with Gasteiger partial charge in [0.05, 0.1) is 19.6 Å². The maximum absolute atomic E-state index is 13.8. The van der Waals surface area contributed by atoms with Gasteiger partial charge in [-0.15, -0.1) is 0 Å². The maximum Gasteiger partial charge on any atom is 0.225 e. The van der Waals surface area contributed by atoms with E-state index >= 15 is 0 Å². The molecule has 1 aromatic carbocycles. The number of hydrogen-bond donors (Lipinski definition) is 1.